The zero-order valence-corrected chi connectivity index (χ0v) is 37.6. The minimum absolute atomic E-state index is 0.0468. The van der Waals surface area contributed by atoms with Crippen LogP contribution in [0, 0.1) is 5.92 Å². The first-order valence-corrected chi connectivity index (χ1v) is 20.4. The molecule has 61 heavy (non-hydrogen) atoms. The zero-order valence-electron chi connectivity index (χ0n) is 36.0. The van der Waals surface area contributed by atoms with E-state index in [1.54, 1.807) is 69.7 Å². The third kappa shape index (κ3) is 14.7. The summed E-state index contributed by atoms with van der Waals surface area (Å²) in [4.78, 5) is 44.6. The van der Waals surface area contributed by atoms with Crippen LogP contribution in [-0.4, -0.2) is 93.2 Å². The van der Waals surface area contributed by atoms with Gasteiger partial charge in [-0.05, 0) is 50.6 Å². The van der Waals surface area contributed by atoms with Crippen molar-refractivity contribution in [2.45, 2.75) is 53.4 Å². The molecule has 1 amide bonds. The highest BCUT2D eigenvalue weighted by molar-refractivity contribution is 7.21. The monoisotopic (exact) mass is 893 g/mol. The number of nitrogens with one attached hydrogen (secondary N) is 1. The molecule has 0 aliphatic carbocycles. The van der Waals surface area contributed by atoms with E-state index in [0.29, 0.717) is 38.8 Å². The Bertz CT molecular complexity index is 2250. The molecule has 0 bridgehead atoms. The van der Waals surface area contributed by atoms with Crippen LogP contribution in [0.4, 0.5) is 43.4 Å². The van der Waals surface area contributed by atoms with Crippen LogP contribution in [0.3, 0.4) is 0 Å². The molecule has 1 aliphatic rings. The lowest BCUT2D eigenvalue weighted by molar-refractivity contribution is -0.164. The number of ketones is 1. The predicted octanol–water partition coefficient (Wildman–Crippen LogP) is 11.5. The van der Waals surface area contributed by atoms with Gasteiger partial charge in [0.15, 0.2) is 5.78 Å². The molecule has 0 saturated carbocycles. The molecule has 18 heteroatoms. The molecule has 5 rings (SSSR count). The van der Waals surface area contributed by atoms with Gasteiger partial charge in [0.05, 0.1) is 34.8 Å². The number of allylic oxidation sites excluding steroid dienone is 6. The number of alkyl halides is 6. The number of carbonyl (C=O) groups excluding carboxylic acids is 2. The highest BCUT2D eigenvalue weighted by atomic mass is 32.1. The third-order valence-corrected chi connectivity index (χ3v) is 10.5. The Morgan fingerprint density at radius 3 is 2.08 bits per heavy atom. The SMILES string of the molecule is C/C=C(\C)N1CC(=O)c2sc3nccc(N(C)C)c3c2N=C1C(F)(F)F.C=C/C=C(\C=C/COC)NC(=O)c1cc2c(N(C)C)ccnc2s1.C=CCC.CC(C)C(F)(F)F. The first-order valence-electron chi connectivity index (χ1n) is 18.8. The number of ether oxygens (including phenoxy) is 1. The molecule has 0 radical (unpaired) electrons. The molecule has 10 nitrogen and oxygen atoms in total. The van der Waals surface area contributed by atoms with Crippen LogP contribution < -0.4 is 15.1 Å². The lowest BCUT2D eigenvalue weighted by Crippen LogP contribution is -2.41. The molecule has 0 spiro atoms. The largest absolute Gasteiger partial charge is 0.449 e. The number of aromatic nitrogens is 2. The molecule has 4 aromatic rings. The number of hydrogen-bond donors (Lipinski definition) is 1. The Labute approximate surface area is 361 Å². The summed E-state index contributed by atoms with van der Waals surface area (Å²) in [6, 6.07) is 5.51. The topological polar surface area (TPSA) is 103 Å². The number of methoxy groups -OCH3 is 1. The first kappa shape index (κ1) is 51.8. The van der Waals surface area contributed by atoms with E-state index in [-0.39, 0.29) is 16.5 Å². The van der Waals surface area contributed by atoms with Crippen molar-refractivity contribution in [1.82, 2.24) is 20.2 Å². The summed E-state index contributed by atoms with van der Waals surface area (Å²) in [5.74, 6) is -2.87. The number of Topliss-reactive ketones (excluding diaryl/α,β-unsaturated/α-hetero) is 1. The number of halogens is 6. The lowest BCUT2D eigenvalue weighted by atomic mass is 10.2. The van der Waals surface area contributed by atoms with E-state index in [9.17, 15) is 35.9 Å². The van der Waals surface area contributed by atoms with Crippen molar-refractivity contribution in [3.8, 4) is 0 Å². The molecule has 1 aliphatic heterocycles. The quantitative estimate of drug-likeness (QED) is 0.0954. The number of amidine groups is 1. The van der Waals surface area contributed by atoms with E-state index in [4.69, 9.17) is 4.74 Å². The maximum absolute atomic E-state index is 13.7. The minimum atomic E-state index is -4.69. The summed E-state index contributed by atoms with van der Waals surface area (Å²) in [6.45, 7) is 14.7. The van der Waals surface area contributed by atoms with Gasteiger partial charge in [-0.2, -0.15) is 26.3 Å². The van der Waals surface area contributed by atoms with Gasteiger partial charge in [0.1, 0.15) is 14.5 Å². The fourth-order valence-electron chi connectivity index (χ4n) is 4.94. The average molecular weight is 894 g/mol. The van der Waals surface area contributed by atoms with E-state index in [0.717, 1.165) is 52.4 Å². The van der Waals surface area contributed by atoms with Gasteiger partial charge in [-0.1, -0.05) is 51.7 Å². The Morgan fingerprint density at radius 1 is 1.02 bits per heavy atom. The summed E-state index contributed by atoms with van der Waals surface area (Å²) in [7, 11) is 9.12. The lowest BCUT2D eigenvalue weighted by Gasteiger charge is -2.25. The summed E-state index contributed by atoms with van der Waals surface area (Å²) in [5.41, 5.74) is 2.73. The number of nitrogens with zero attached hydrogens (tertiary/aromatic N) is 6. The summed E-state index contributed by atoms with van der Waals surface area (Å²) in [5, 5.41) is 4.32. The van der Waals surface area contributed by atoms with Gasteiger partial charge in [-0.15, -0.1) is 29.3 Å². The van der Waals surface area contributed by atoms with Crippen molar-refractivity contribution in [1.29, 1.82) is 0 Å². The molecule has 4 aromatic heterocycles. The normalized spacial score (nSPS) is 13.3. The van der Waals surface area contributed by atoms with Crippen LogP contribution in [0.2, 0.25) is 0 Å². The molecular formula is C43H53F6N7O3S2. The second-order valence-corrected chi connectivity index (χ2v) is 15.7. The van der Waals surface area contributed by atoms with E-state index in [1.807, 2.05) is 43.3 Å². The van der Waals surface area contributed by atoms with Crippen molar-refractivity contribution in [3.05, 3.63) is 101 Å². The molecule has 1 N–H and O–H groups in total. The van der Waals surface area contributed by atoms with Crippen molar-refractivity contribution in [2.24, 2.45) is 10.9 Å². The van der Waals surface area contributed by atoms with Gasteiger partial charge in [0, 0.05) is 76.1 Å². The van der Waals surface area contributed by atoms with Crippen molar-refractivity contribution >= 4 is 77.7 Å². The van der Waals surface area contributed by atoms with E-state index in [1.165, 1.54) is 24.3 Å². The molecule has 0 unspecified atom stereocenters. The Kier molecular flexibility index (Phi) is 20.1. The number of carbonyl (C=O) groups is 2. The van der Waals surface area contributed by atoms with E-state index in [2.05, 4.69) is 40.4 Å². The molecule has 332 valence electrons. The number of anilines is 2. The number of fused-ring (bicyclic) bond motifs is 4. The smallest absolute Gasteiger partial charge is 0.381 e. The van der Waals surface area contributed by atoms with Gasteiger partial charge in [-0.25, -0.2) is 15.0 Å². The van der Waals surface area contributed by atoms with Gasteiger partial charge >= 0.3 is 12.4 Å². The first-order chi connectivity index (χ1) is 28.6. The average Bonchev–Trinajstić information content (AvgIpc) is 3.77. The maximum atomic E-state index is 13.7. The predicted molar refractivity (Wildman–Crippen MR) is 240 cm³/mol. The van der Waals surface area contributed by atoms with Gasteiger partial charge < -0.3 is 24.8 Å². The van der Waals surface area contributed by atoms with Crippen LogP contribution in [-0.2, 0) is 4.74 Å². The van der Waals surface area contributed by atoms with Crippen LogP contribution in [0.25, 0.3) is 20.4 Å². The number of thiophene rings is 2. The summed E-state index contributed by atoms with van der Waals surface area (Å²) >= 11 is 2.45. The Hall–Kier alpha value is -5.33. The van der Waals surface area contributed by atoms with E-state index < -0.39 is 36.4 Å². The van der Waals surface area contributed by atoms with Crippen LogP contribution in [0.1, 0.15) is 60.4 Å². The fraction of sp³-hybridized carbons (Fsp3) is 0.372. The van der Waals surface area contributed by atoms with Gasteiger partial charge in [-0.3, -0.25) is 9.59 Å². The second-order valence-electron chi connectivity index (χ2n) is 13.7. The van der Waals surface area contributed by atoms with Gasteiger partial charge in [0.2, 0.25) is 5.84 Å². The molecule has 0 atom stereocenters. The Morgan fingerprint density at radius 2 is 1.59 bits per heavy atom. The maximum Gasteiger partial charge on any atom is 0.449 e. The van der Waals surface area contributed by atoms with Crippen LogP contribution in [0.15, 0.2) is 96.6 Å². The zero-order chi connectivity index (χ0) is 46.2. The van der Waals surface area contributed by atoms with Crippen molar-refractivity contribution < 1.29 is 40.7 Å². The van der Waals surface area contributed by atoms with Crippen molar-refractivity contribution in [2.75, 3.05) is 58.3 Å². The molecular weight excluding hydrogens is 841 g/mol. The highest BCUT2D eigenvalue weighted by Gasteiger charge is 2.43. The minimum Gasteiger partial charge on any atom is -0.381 e. The standard InChI is InChI=1S/C18H21N3O2S.C17H17F3N4OS.C4H7F3.C4H8/c1-5-7-13(8-6-11-23-4)20-17(22)16-12-14-15(21(2)3)9-10-19-18(14)24-16;1-5-9(2)24-8-11(25)14-13(22-16(24)17(18,19)20)12-10(23(3)4)6-7-21-15(12)26-14;1-3(2)4(5,6)7;1-3-4-2/h5-10,12H,1,11H2,2-4H3,(H,20,22);5-7H,8H2,1-4H3;3H,1-2H3;3H,1,4H2,2H3/b8-6-,13-7+;9-5+;;. The van der Waals surface area contributed by atoms with Crippen molar-refractivity contribution in [3.63, 3.8) is 0 Å². The number of rotatable bonds is 10. The molecule has 0 aromatic carbocycles. The van der Waals surface area contributed by atoms with E-state index >= 15 is 0 Å². The Balaban J connectivity index is 0.000000339. The second kappa shape index (κ2) is 23.6. The van der Waals surface area contributed by atoms with Gasteiger partial charge in [0.25, 0.3) is 5.91 Å². The molecule has 0 fully saturated rings. The molecule has 0 saturated heterocycles. The number of aliphatic imine (C=N–C) groups is 1. The third-order valence-electron chi connectivity index (χ3n) is 8.33. The number of hydrogen-bond acceptors (Lipinski definition) is 11. The number of pyridine rings is 2. The summed E-state index contributed by atoms with van der Waals surface area (Å²) in [6.07, 6.45) is 6.10. The van der Waals surface area contributed by atoms with Crippen LogP contribution >= 0.6 is 22.7 Å². The highest BCUT2D eigenvalue weighted by Crippen LogP contribution is 2.44. The summed E-state index contributed by atoms with van der Waals surface area (Å²) < 4.78 is 79.7. The fourth-order valence-corrected chi connectivity index (χ4v) is 6.89. The number of amides is 1. The molecule has 5 heterocycles. The van der Waals surface area contributed by atoms with Crippen LogP contribution in [0.5, 0.6) is 0 Å².